The number of hydrogen-bond donors (Lipinski definition) is 1. The van der Waals surface area contributed by atoms with E-state index < -0.39 is 16.4 Å². The maximum absolute atomic E-state index is 13.2. The SMILES string of the molecule is N[C@@H]1CCOc2c1ccc(F)c2[N+](=O)[O-]. The Kier molecular flexibility index (Phi) is 2.28. The van der Waals surface area contributed by atoms with Crippen LogP contribution in [0.3, 0.4) is 0 Å². The van der Waals surface area contributed by atoms with Crippen LogP contribution in [0.2, 0.25) is 0 Å². The summed E-state index contributed by atoms with van der Waals surface area (Å²) in [5.41, 5.74) is 5.61. The number of hydrogen-bond acceptors (Lipinski definition) is 4. The fraction of sp³-hybridized carbons (Fsp3) is 0.333. The maximum atomic E-state index is 13.2. The zero-order valence-corrected chi connectivity index (χ0v) is 7.77. The molecule has 80 valence electrons. The molecule has 0 bridgehead atoms. The number of ether oxygens (including phenoxy) is 1. The normalized spacial score (nSPS) is 19.2. The summed E-state index contributed by atoms with van der Waals surface area (Å²) in [6.07, 6.45) is 0.579. The van der Waals surface area contributed by atoms with Gasteiger partial charge in [0.2, 0.25) is 11.6 Å². The van der Waals surface area contributed by atoms with Crippen LogP contribution in [-0.4, -0.2) is 11.5 Å². The zero-order valence-electron chi connectivity index (χ0n) is 7.77. The topological polar surface area (TPSA) is 78.4 Å². The minimum Gasteiger partial charge on any atom is -0.486 e. The van der Waals surface area contributed by atoms with Crippen molar-refractivity contribution in [3.63, 3.8) is 0 Å². The monoisotopic (exact) mass is 212 g/mol. The van der Waals surface area contributed by atoms with Crippen molar-refractivity contribution in [2.24, 2.45) is 5.73 Å². The zero-order chi connectivity index (χ0) is 11.0. The van der Waals surface area contributed by atoms with Gasteiger partial charge in [0, 0.05) is 18.0 Å². The van der Waals surface area contributed by atoms with Gasteiger partial charge in [-0.2, -0.15) is 4.39 Å². The van der Waals surface area contributed by atoms with Crippen molar-refractivity contribution in [1.82, 2.24) is 0 Å². The fourth-order valence-corrected chi connectivity index (χ4v) is 1.62. The number of fused-ring (bicyclic) bond motifs is 1. The van der Waals surface area contributed by atoms with Crippen molar-refractivity contribution in [2.75, 3.05) is 6.61 Å². The van der Waals surface area contributed by atoms with Gasteiger partial charge in [0.05, 0.1) is 11.5 Å². The highest BCUT2D eigenvalue weighted by Gasteiger charge is 2.30. The molecule has 5 nitrogen and oxygen atoms in total. The number of rotatable bonds is 1. The fourth-order valence-electron chi connectivity index (χ4n) is 1.62. The van der Waals surface area contributed by atoms with Crippen LogP contribution in [-0.2, 0) is 0 Å². The maximum Gasteiger partial charge on any atom is 0.346 e. The minimum absolute atomic E-state index is 0.0289. The summed E-state index contributed by atoms with van der Waals surface area (Å²) in [4.78, 5) is 9.86. The lowest BCUT2D eigenvalue weighted by atomic mass is 10.0. The molecule has 1 aliphatic rings. The molecule has 1 aromatic carbocycles. The summed E-state index contributed by atoms with van der Waals surface area (Å²) >= 11 is 0. The lowest BCUT2D eigenvalue weighted by molar-refractivity contribution is -0.388. The van der Waals surface area contributed by atoms with Crippen molar-refractivity contribution in [3.05, 3.63) is 33.6 Å². The predicted octanol–water partition coefficient (Wildman–Crippen LogP) is 1.52. The van der Waals surface area contributed by atoms with Gasteiger partial charge in [0.15, 0.2) is 0 Å². The molecule has 6 heteroatoms. The lowest BCUT2D eigenvalue weighted by Gasteiger charge is -2.22. The molecular weight excluding hydrogens is 203 g/mol. The van der Waals surface area contributed by atoms with Crippen LogP contribution in [0.1, 0.15) is 18.0 Å². The van der Waals surface area contributed by atoms with Crippen LogP contribution < -0.4 is 10.5 Å². The number of nitrogens with two attached hydrogens (primary N) is 1. The van der Waals surface area contributed by atoms with Crippen LogP contribution in [0.4, 0.5) is 10.1 Å². The van der Waals surface area contributed by atoms with E-state index in [1.807, 2.05) is 0 Å². The standard InChI is InChI=1S/C9H9FN2O3/c10-6-2-1-5-7(11)3-4-15-9(5)8(6)12(13)14/h1-2,7H,3-4,11H2/t7-/m1/s1. The van der Waals surface area contributed by atoms with Crippen LogP contribution in [0, 0.1) is 15.9 Å². The van der Waals surface area contributed by atoms with Crippen molar-refractivity contribution in [2.45, 2.75) is 12.5 Å². The number of nitro benzene ring substituents is 1. The van der Waals surface area contributed by atoms with E-state index in [1.54, 1.807) is 0 Å². The van der Waals surface area contributed by atoms with Gasteiger partial charge in [0.25, 0.3) is 0 Å². The third-order valence-electron chi connectivity index (χ3n) is 2.37. The first-order valence-corrected chi connectivity index (χ1v) is 4.46. The summed E-state index contributed by atoms with van der Waals surface area (Å²) in [5, 5.41) is 10.6. The van der Waals surface area contributed by atoms with Gasteiger partial charge in [-0.25, -0.2) is 0 Å². The minimum atomic E-state index is -0.896. The van der Waals surface area contributed by atoms with Gasteiger partial charge in [-0.05, 0) is 6.07 Å². The van der Waals surface area contributed by atoms with Gasteiger partial charge in [-0.3, -0.25) is 10.1 Å². The van der Waals surface area contributed by atoms with E-state index in [4.69, 9.17) is 10.5 Å². The molecule has 1 aromatic rings. The summed E-state index contributed by atoms with van der Waals surface area (Å²) in [5.74, 6) is -0.924. The summed E-state index contributed by atoms with van der Waals surface area (Å²) < 4.78 is 18.3. The molecule has 2 rings (SSSR count). The molecule has 1 aliphatic heterocycles. The van der Waals surface area contributed by atoms with Crippen molar-refractivity contribution in [3.8, 4) is 5.75 Å². The van der Waals surface area contributed by atoms with Gasteiger partial charge < -0.3 is 10.5 Å². The second-order valence-corrected chi connectivity index (χ2v) is 3.32. The number of benzene rings is 1. The molecule has 0 radical (unpaired) electrons. The average Bonchev–Trinajstić information content (AvgIpc) is 2.17. The van der Waals surface area contributed by atoms with E-state index in [2.05, 4.69) is 0 Å². The van der Waals surface area contributed by atoms with E-state index in [-0.39, 0.29) is 18.4 Å². The van der Waals surface area contributed by atoms with Gasteiger partial charge in [-0.15, -0.1) is 0 Å². The Bertz CT molecular complexity index is 422. The highest BCUT2D eigenvalue weighted by atomic mass is 19.1. The molecule has 0 fully saturated rings. The lowest BCUT2D eigenvalue weighted by Crippen LogP contribution is -2.21. The second-order valence-electron chi connectivity index (χ2n) is 3.32. The Morgan fingerprint density at radius 3 is 3.00 bits per heavy atom. The molecular formula is C9H9FN2O3. The first kappa shape index (κ1) is 9.85. The average molecular weight is 212 g/mol. The van der Waals surface area contributed by atoms with E-state index in [1.165, 1.54) is 6.07 Å². The molecule has 0 amide bonds. The quantitative estimate of drug-likeness (QED) is 0.565. The number of nitro groups is 1. The Labute approximate surface area is 84.8 Å². The van der Waals surface area contributed by atoms with E-state index in [9.17, 15) is 14.5 Å². The van der Waals surface area contributed by atoms with Crippen LogP contribution >= 0.6 is 0 Å². The molecule has 0 spiro atoms. The van der Waals surface area contributed by atoms with Crippen LogP contribution in [0.15, 0.2) is 12.1 Å². The second kappa shape index (κ2) is 3.47. The highest BCUT2D eigenvalue weighted by molar-refractivity contribution is 5.54. The van der Waals surface area contributed by atoms with Gasteiger partial charge in [0.1, 0.15) is 0 Å². The number of nitrogens with zero attached hydrogens (tertiary/aromatic N) is 1. The smallest absolute Gasteiger partial charge is 0.346 e. The molecule has 0 saturated heterocycles. The van der Waals surface area contributed by atoms with Crippen molar-refractivity contribution >= 4 is 5.69 Å². The summed E-state index contributed by atoms with van der Waals surface area (Å²) in [6.45, 7) is 0.276. The molecule has 0 aromatic heterocycles. The van der Waals surface area contributed by atoms with Crippen molar-refractivity contribution < 1.29 is 14.1 Å². The van der Waals surface area contributed by atoms with E-state index in [0.717, 1.165) is 6.07 Å². The first-order valence-electron chi connectivity index (χ1n) is 4.46. The number of halogens is 1. The molecule has 0 saturated carbocycles. The molecule has 15 heavy (non-hydrogen) atoms. The predicted molar refractivity (Wildman–Crippen MR) is 50.1 cm³/mol. The summed E-state index contributed by atoms with van der Waals surface area (Å²) in [7, 11) is 0. The summed E-state index contributed by atoms with van der Waals surface area (Å²) in [6, 6.07) is 2.15. The highest BCUT2D eigenvalue weighted by Crippen LogP contribution is 2.39. The van der Waals surface area contributed by atoms with Crippen LogP contribution in [0.25, 0.3) is 0 Å². The Hall–Kier alpha value is -1.69. The molecule has 1 heterocycles. The molecule has 0 aliphatic carbocycles. The van der Waals surface area contributed by atoms with Gasteiger partial charge >= 0.3 is 5.69 Å². The van der Waals surface area contributed by atoms with Crippen molar-refractivity contribution in [1.29, 1.82) is 0 Å². The first-order chi connectivity index (χ1) is 7.11. The van der Waals surface area contributed by atoms with E-state index >= 15 is 0 Å². The van der Waals surface area contributed by atoms with Gasteiger partial charge in [-0.1, -0.05) is 6.07 Å². The third-order valence-corrected chi connectivity index (χ3v) is 2.37. The third kappa shape index (κ3) is 1.52. The largest absolute Gasteiger partial charge is 0.486 e. The Balaban J connectivity index is 2.63. The Morgan fingerprint density at radius 1 is 1.60 bits per heavy atom. The molecule has 2 N–H and O–H groups in total. The van der Waals surface area contributed by atoms with E-state index in [0.29, 0.717) is 12.0 Å². The molecule has 0 unspecified atom stereocenters. The van der Waals surface area contributed by atoms with Crippen LogP contribution in [0.5, 0.6) is 5.75 Å². The Morgan fingerprint density at radius 2 is 2.33 bits per heavy atom. The molecule has 1 atom stereocenters.